The van der Waals surface area contributed by atoms with Crippen LogP contribution in [0.25, 0.3) is 22.8 Å². The van der Waals surface area contributed by atoms with Crippen molar-refractivity contribution < 1.29 is 4.39 Å². The van der Waals surface area contributed by atoms with Gasteiger partial charge < -0.3 is 0 Å². The molecule has 2 heterocycles. The van der Waals surface area contributed by atoms with E-state index in [4.69, 9.17) is 5.26 Å². The molecular formula is C21H21FN4. The average molecular weight is 348 g/mol. The van der Waals surface area contributed by atoms with Gasteiger partial charge in [-0.1, -0.05) is 32.1 Å². The monoisotopic (exact) mass is 348 g/mol. The molecule has 4 nitrogen and oxygen atoms in total. The molecule has 1 N–H and O–H groups in total. The molecule has 0 aliphatic heterocycles. The summed E-state index contributed by atoms with van der Waals surface area (Å²) in [5.41, 5.74) is 5.55. The molecule has 2 atom stereocenters. The van der Waals surface area contributed by atoms with E-state index in [1.807, 2.05) is 18.3 Å². The lowest BCUT2D eigenvalue weighted by molar-refractivity contribution is 0.359. The van der Waals surface area contributed by atoms with Gasteiger partial charge in [0.1, 0.15) is 12.1 Å². The summed E-state index contributed by atoms with van der Waals surface area (Å²) in [6.45, 7) is 5.97. The number of pyridine rings is 1. The number of H-pyrrole nitrogens is 1. The van der Waals surface area contributed by atoms with Gasteiger partial charge in [0, 0.05) is 17.3 Å². The Balaban J connectivity index is 2.04. The minimum Gasteiger partial charge on any atom is -0.278 e. The lowest BCUT2D eigenvalue weighted by Gasteiger charge is -2.16. The number of hydrogen-bond donors (Lipinski definition) is 1. The van der Waals surface area contributed by atoms with Crippen LogP contribution in [0.1, 0.15) is 36.7 Å². The molecule has 1 aliphatic rings. The van der Waals surface area contributed by atoms with Crippen molar-refractivity contribution in [2.24, 2.45) is 5.92 Å². The Morgan fingerprint density at radius 3 is 2.96 bits per heavy atom. The van der Waals surface area contributed by atoms with Crippen molar-refractivity contribution in [3.8, 4) is 17.2 Å². The van der Waals surface area contributed by atoms with Crippen LogP contribution in [-0.2, 0) is 6.42 Å². The number of unbranched alkanes of at least 4 members (excludes halogenated alkanes) is 1. The van der Waals surface area contributed by atoms with Crippen LogP contribution in [0.5, 0.6) is 0 Å². The Bertz CT molecular complexity index is 901. The van der Waals surface area contributed by atoms with Crippen molar-refractivity contribution >= 4 is 11.6 Å². The predicted octanol–water partition coefficient (Wildman–Crippen LogP) is 4.89. The van der Waals surface area contributed by atoms with Crippen molar-refractivity contribution in [1.82, 2.24) is 15.2 Å². The maximum absolute atomic E-state index is 13.7. The first-order valence-electron chi connectivity index (χ1n) is 8.77. The highest BCUT2D eigenvalue weighted by Gasteiger charge is 2.21. The summed E-state index contributed by atoms with van der Waals surface area (Å²) in [5, 5.41) is 16.2. The Morgan fingerprint density at radius 2 is 2.23 bits per heavy atom. The predicted molar refractivity (Wildman–Crippen MR) is 102 cm³/mol. The van der Waals surface area contributed by atoms with Crippen LogP contribution in [0.4, 0.5) is 4.39 Å². The third kappa shape index (κ3) is 3.50. The lowest BCUT2D eigenvalue weighted by atomic mass is 9.92. The van der Waals surface area contributed by atoms with Crippen LogP contribution in [0.3, 0.4) is 0 Å². The minimum atomic E-state index is -1.26. The Morgan fingerprint density at radius 1 is 1.38 bits per heavy atom. The molecule has 0 spiro atoms. The van der Waals surface area contributed by atoms with Crippen LogP contribution in [0, 0.1) is 17.2 Å². The number of rotatable bonds is 6. The second kappa shape index (κ2) is 7.92. The highest BCUT2D eigenvalue weighted by molar-refractivity contribution is 5.78. The van der Waals surface area contributed by atoms with Crippen molar-refractivity contribution in [2.75, 3.05) is 0 Å². The van der Waals surface area contributed by atoms with Gasteiger partial charge in [-0.3, -0.25) is 10.1 Å². The number of alkyl halides is 1. The molecule has 2 unspecified atom stereocenters. The van der Waals surface area contributed by atoms with Gasteiger partial charge in [-0.25, -0.2) is 4.39 Å². The summed E-state index contributed by atoms with van der Waals surface area (Å²) in [4.78, 5) is 4.57. The zero-order chi connectivity index (χ0) is 18.5. The van der Waals surface area contributed by atoms with Gasteiger partial charge in [0.05, 0.1) is 23.7 Å². The summed E-state index contributed by atoms with van der Waals surface area (Å²) < 4.78 is 13.7. The number of aryl methyl sites for hydroxylation is 1. The fourth-order valence-corrected chi connectivity index (χ4v) is 3.07. The zero-order valence-electron chi connectivity index (χ0n) is 14.7. The van der Waals surface area contributed by atoms with E-state index in [0.29, 0.717) is 0 Å². The maximum atomic E-state index is 13.7. The van der Waals surface area contributed by atoms with E-state index in [1.165, 1.54) is 6.08 Å². The molecule has 2 aromatic heterocycles. The highest BCUT2D eigenvalue weighted by atomic mass is 19.1. The molecule has 5 heteroatoms. The van der Waals surface area contributed by atoms with E-state index < -0.39 is 12.1 Å². The summed E-state index contributed by atoms with van der Waals surface area (Å²) in [6, 6.07) is 4.03. The van der Waals surface area contributed by atoms with E-state index >= 15 is 0 Å². The molecule has 0 saturated heterocycles. The standard InChI is InChI=1S/C21H21FN4/c1-3-5-6-14-10-21(15-7-8-19(22)16(9-15)11-23)24-12-17(14)18-13-25-26-20(18)4-2/h4,7-10,12-13,16,19H,2-3,5-6H2,1H3,(H,25,26). The molecule has 1 aliphatic carbocycles. The summed E-state index contributed by atoms with van der Waals surface area (Å²) in [5.74, 6) is -0.767. The van der Waals surface area contributed by atoms with Crippen molar-refractivity contribution in [2.45, 2.75) is 32.4 Å². The second-order valence-electron chi connectivity index (χ2n) is 6.31. The largest absolute Gasteiger partial charge is 0.278 e. The Labute approximate surface area is 152 Å². The van der Waals surface area contributed by atoms with Crippen LogP contribution < -0.4 is 0 Å². The van der Waals surface area contributed by atoms with E-state index in [0.717, 1.165) is 52.9 Å². The number of nitrogens with zero attached hydrogens (tertiary/aromatic N) is 3. The maximum Gasteiger partial charge on any atom is 0.138 e. The molecule has 0 aromatic carbocycles. The fourth-order valence-electron chi connectivity index (χ4n) is 3.07. The number of nitrogens with one attached hydrogen (secondary N) is 1. The first-order valence-corrected chi connectivity index (χ1v) is 8.77. The molecule has 0 saturated carbocycles. The molecule has 3 rings (SSSR count). The Kier molecular flexibility index (Phi) is 5.43. The summed E-state index contributed by atoms with van der Waals surface area (Å²) in [6.07, 6.45) is 11.9. The highest BCUT2D eigenvalue weighted by Crippen LogP contribution is 2.31. The van der Waals surface area contributed by atoms with E-state index in [2.05, 4.69) is 28.7 Å². The number of allylic oxidation sites excluding steroid dienone is 4. The molecule has 2 aromatic rings. The van der Waals surface area contributed by atoms with Crippen molar-refractivity contribution in [3.05, 3.63) is 60.2 Å². The topological polar surface area (TPSA) is 65.4 Å². The molecule has 132 valence electrons. The second-order valence-corrected chi connectivity index (χ2v) is 6.31. The third-order valence-corrected chi connectivity index (χ3v) is 4.56. The van der Waals surface area contributed by atoms with Crippen molar-refractivity contribution in [1.29, 1.82) is 5.26 Å². The summed E-state index contributed by atoms with van der Waals surface area (Å²) >= 11 is 0. The molecule has 0 fully saturated rings. The number of hydrogen-bond acceptors (Lipinski definition) is 3. The molecular weight excluding hydrogens is 327 g/mol. The van der Waals surface area contributed by atoms with Crippen LogP contribution in [-0.4, -0.2) is 21.4 Å². The van der Waals surface area contributed by atoms with Crippen LogP contribution in [0.2, 0.25) is 0 Å². The van der Waals surface area contributed by atoms with Gasteiger partial charge in [-0.05, 0) is 42.2 Å². The number of nitriles is 1. The number of aromatic nitrogens is 3. The van der Waals surface area contributed by atoms with E-state index in [9.17, 15) is 4.39 Å². The number of halogens is 1. The van der Waals surface area contributed by atoms with E-state index in [1.54, 1.807) is 24.4 Å². The SMILES string of the molecule is C=Cc1[nH]ncc1-c1cnc(C2=CC(C#N)C(F)C=C2)cc1CCCC. The van der Waals surface area contributed by atoms with Gasteiger partial charge in [0.15, 0.2) is 0 Å². The normalized spacial score (nSPS) is 19.0. The molecule has 26 heavy (non-hydrogen) atoms. The number of aromatic amines is 1. The van der Waals surface area contributed by atoms with Gasteiger partial charge in [-0.2, -0.15) is 10.4 Å². The third-order valence-electron chi connectivity index (χ3n) is 4.56. The molecule has 0 bridgehead atoms. The first-order chi connectivity index (χ1) is 12.7. The van der Waals surface area contributed by atoms with Crippen molar-refractivity contribution in [3.63, 3.8) is 0 Å². The zero-order valence-corrected chi connectivity index (χ0v) is 14.7. The minimum absolute atomic E-state index is 0.756. The van der Waals surface area contributed by atoms with Crippen LogP contribution in [0.15, 0.2) is 43.3 Å². The quantitative estimate of drug-likeness (QED) is 0.808. The molecule has 0 radical (unpaired) electrons. The van der Waals surface area contributed by atoms with Crippen LogP contribution >= 0.6 is 0 Å². The fraction of sp³-hybridized carbons (Fsp3) is 0.286. The lowest BCUT2D eigenvalue weighted by Crippen LogP contribution is -2.13. The van der Waals surface area contributed by atoms with Gasteiger partial charge in [0.25, 0.3) is 0 Å². The van der Waals surface area contributed by atoms with Gasteiger partial charge >= 0.3 is 0 Å². The molecule has 0 amide bonds. The van der Waals surface area contributed by atoms with Gasteiger partial charge in [-0.15, -0.1) is 0 Å². The summed E-state index contributed by atoms with van der Waals surface area (Å²) in [7, 11) is 0. The first kappa shape index (κ1) is 17.8. The van der Waals surface area contributed by atoms with Gasteiger partial charge in [0.2, 0.25) is 0 Å². The average Bonchev–Trinajstić information content (AvgIpc) is 3.15. The van der Waals surface area contributed by atoms with E-state index in [-0.39, 0.29) is 0 Å². The smallest absolute Gasteiger partial charge is 0.138 e. The Hall–Kier alpha value is -3.00.